The number of allylic oxidation sites excluding steroid dienone is 1. The van der Waals surface area contributed by atoms with E-state index in [1.165, 1.54) is 0 Å². The average molecular weight is 177 g/mol. The Balaban J connectivity index is 1.90. The van der Waals surface area contributed by atoms with Crippen molar-refractivity contribution in [1.82, 2.24) is 4.90 Å². The Kier molecular flexibility index (Phi) is 2.21. The maximum Gasteiger partial charge on any atom is 0.230 e. The van der Waals surface area contributed by atoms with Crippen molar-refractivity contribution in [3.05, 3.63) is 24.8 Å². The summed E-state index contributed by atoms with van der Waals surface area (Å²) in [6, 6.07) is 0.405. The molecule has 1 heterocycles. The van der Waals surface area contributed by atoms with Gasteiger partial charge in [0.05, 0.1) is 12.0 Å². The number of likely N-dealkylation sites (tertiary alicyclic amines) is 1. The molecule has 2 bridgehead atoms. The first-order valence-electron chi connectivity index (χ1n) is 4.92. The molecular formula is C11H15NO. The second-order valence-electron chi connectivity index (χ2n) is 3.76. The van der Waals surface area contributed by atoms with Crippen molar-refractivity contribution in [2.75, 3.05) is 6.54 Å². The van der Waals surface area contributed by atoms with Crippen LogP contribution in [0.15, 0.2) is 24.8 Å². The largest absolute Gasteiger partial charge is 0.336 e. The summed E-state index contributed by atoms with van der Waals surface area (Å²) in [5, 5.41) is 0. The van der Waals surface area contributed by atoms with Gasteiger partial charge < -0.3 is 4.90 Å². The Bertz CT molecular complexity index is 257. The smallest absolute Gasteiger partial charge is 0.230 e. The zero-order chi connectivity index (χ0) is 9.26. The van der Waals surface area contributed by atoms with Gasteiger partial charge in [-0.05, 0) is 19.3 Å². The number of carbonyl (C=O) groups is 1. The Hall–Kier alpha value is -1.05. The van der Waals surface area contributed by atoms with Crippen LogP contribution in [0.5, 0.6) is 0 Å². The van der Waals surface area contributed by atoms with Crippen LogP contribution >= 0.6 is 0 Å². The van der Waals surface area contributed by atoms with Gasteiger partial charge in [-0.3, -0.25) is 4.79 Å². The SMILES string of the molecule is C=CCCCN1C(=O)[C@H]2C=C[C@@H]1C2. The van der Waals surface area contributed by atoms with E-state index in [0.717, 1.165) is 25.8 Å². The molecule has 0 N–H and O–H groups in total. The topological polar surface area (TPSA) is 20.3 Å². The molecule has 1 aliphatic carbocycles. The first-order chi connectivity index (χ1) is 6.33. The van der Waals surface area contributed by atoms with Gasteiger partial charge in [0.1, 0.15) is 0 Å². The highest BCUT2D eigenvalue weighted by Gasteiger charge is 2.40. The molecule has 0 aromatic rings. The van der Waals surface area contributed by atoms with E-state index >= 15 is 0 Å². The van der Waals surface area contributed by atoms with Gasteiger partial charge in [-0.25, -0.2) is 0 Å². The summed E-state index contributed by atoms with van der Waals surface area (Å²) in [6.07, 6.45) is 9.20. The molecule has 1 amide bonds. The third-order valence-corrected chi connectivity index (χ3v) is 2.87. The Morgan fingerprint density at radius 1 is 1.62 bits per heavy atom. The van der Waals surface area contributed by atoms with Gasteiger partial charge in [0, 0.05) is 6.54 Å². The summed E-state index contributed by atoms with van der Waals surface area (Å²) in [5.74, 6) is 0.533. The fourth-order valence-corrected chi connectivity index (χ4v) is 2.15. The summed E-state index contributed by atoms with van der Waals surface area (Å²) in [7, 11) is 0. The lowest BCUT2D eigenvalue weighted by Crippen LogP contribution is -2.35. The molecule has 1 fully saturated rings. The maximum atomic E-state index is 11.6. The van der Waals surface area contributed by atoms with E-state index < -0.39 is 0 Å². The number of unbranched alkanes of at least 4 members (excludes halogenated alkanes) is 1. The molecule has 0 aromatic heterocycles. The Morgan fingerprint density at radius 2 is 2.46 bits per heavy atom. The highest BCUT2D eigenvalue weighted by Crippen LogP contribution is 2.32. The number of rotatable bonds is 4. The Labute approximate surface area is 78.9 Å². The predicted molar refractivity (Wildman–Crippen MR) is 52.2 cm³/mol. The van der Waals surface area contributed by atoms with Gasteiger partial charge >= 0.3 is 0 Å². The fraction of sp³-hybridized carbons (Fsp3) is 0.545. The number of hydrogen-bond acceptors (Lipinski definition) is 1. The van der Waals surface area contributed by atoms with Crippen LogP contribution in [0.1, 0.15) is 19.3 Å². The van der Waals surface area contributed by atoms with E-state index in [-0.39, 0.29) is 5.92 Å². The lowest BCUT2D eigenvalue weighted by Gasteiger charge is -2.23. The number of fused-ring (bicyclic) bond motifs is 2. The summed E-state index contributed by atoms with van der Waals surface area (Å²) in [6.45, 7) is 4.57. The van der Waals surface area contributed by atoms with E-state index in [0.29, 0.717) is 11.9 Å². The van der Waals surface area contributed by atoms with Crippen LogP contribution in [0.4, 0.5) is 0 Å². The summed E-state index contributed by atoms with van der Waals surface area (Å²) >= 11 is 0. The molecule has 0 radical (unpaired) electrons. The minimum absolute atomic E-state index is 0.203. The zero-order valence-corrected chi connectivity index (χ0v) is 7.78. The summed E-state index contributed by atoms with van der Waals surface area (Å²) in [5.41, 5.74) is 0. The third-order valence-electron chi connectivity index (χ3n) is 2.87. The molecule has 1 saturated heterocycles. The maximum absolute atomic E-state index is 11.6. The van der Waals surface area contributed by atoms with Crippen LogP contribution in [0.3, 0.4) is 0 Å². The quantitative estimate of drug-likeness (QED) is 0.473. The van der Waals surface area contributed by atoms with E-state index in [9.17, 15) is 4.79 Å². The number of nitrogens with zero attached hydrogens (tertiary/aromatic N) is 1. The van der Waals surface area contributed by atoms with Crippen LogP contribution in [0.25, 0.3) is 0 Å². The van der Waals surface area contributed by atoms with E-state index in [4.69, 9.17) is 0 Å². The molecule has 0 saturated carbocycles. The summed E-state index contributed by atoms with van der Waals surface area (Å²) in [4.78, 5) is 13.6. The lowest BCUT2D eigenvalue weighted by molar-refractivity contribution is -0.131. The Morgan fingerprint density at radius 3 is 3.08 bits per heavy atom. The van der Waals surface area contributed by atoms with Gasteiger partial charge in [-0.15, -0.1) is 6.58 Å². The zero-order valence-electron chi connectivity index (χ0n) is 7.78. The predicted octanol–water partition coefficient (Wildman–Crippen LogP) is 1.74. The number of hydrogen-bond donors (Lipinski definition) is 0. The van der Waals surface area contributed by atoms with Crippen LogP contribution < -0.4 is 0 Å². The molecule has 13 heavy (non-hydrogen) atoms. The third kappa shape index (κ3) is 1.41. The molecule has 0 spiro atoms. The van der Waals surface area contributed by atoms with Gasteiger partial charge in [-0.1, -0.05) is 18.2 Å². The highest BCUT2D eigenvalue weighted by atomic mass is 16.2. The van der Waals surface area contributed by atoms with Gasteiger partial charge in [-0.2, -0.15) is 0 Å². The molecule has 70 valence electrons. The molecule has 2 heteroatoms. The standard InChI is InChI=1S/C11H15NO/c1-2-3-4-7-12-10-6-5-9(8-10)11(12)13/h2,5-6,9-10H,1,3-4,7-8H2/t9-,10+/m0/s1. The monoisotopic (exact) mass is 177 g/mol. The molecule has 0 aromatic carbocycles. The van der Waals surface area contributed by atoms with Crippen molar-refractivity contribution in [3.8, 4) is 0 Å². The van der Waals surface area contributed by atoms with Crippen LogP contribution in [-0.2, 0) is 4.79 Å². The van der Waals surface area contributed by atoms with Crippen LogP contribution in [0.2, 0.25) is 0 Å². The van der Waals surface area contributed by atoms with Crippen molar-refractivity contribution < 1.29 is 4.79 Å². The second kappa shape index (κ2) is 3.36. The fourth-order valence-electron chi connectivity index (χ4n) is 2.15. The molecule has 1 aliphatic heterocycles. The van der Waals surface area contributed by atoms with Crippen LogP contribution in [0, 0.1) is 5.92 Å². The van der Waals surface area contributed by atoms with E-state index in [2.05, 4.69) is 18.7 Å². The molecule has 2 atom stereocenters. The molecule has 0 unspecified atom stereocenters. The number of carbonyl (C=O) groups excluding carboxylic acids is 1. The number of amides is 1. The minimum atomic E-state index is 0.203. The first kappa shape index (κ1) is 8.54. The normalized spacial score (nSPS) is 30.2. The highest BCUT2D eigenvalue weighted by molar-refractivity contribution is 5.85. The van der Waals surface area contributed by atoms with Crippen molar-refractivity contribution in [3.63, 3.8) is 0 Å². The van der Waals surface area contributed by atoms with Crippen molar-refractivity contribution in [2.24, 2.45) is 5.92 Å². The lowest BCUT2D eigenvalue weighted by atomic mass is 10.1. The van der Waals surface area contributed by atoms with Crippen molar-refractivity contribution in [2.45, 2.75) is 25.3 Å². The van der Waals surface area contributed by atoms with Gasteiger partial charge in [0.2, 0.25) is 5.91 Å². The van der Waals surface area contributed by atoms with E-state index in [1.807, 2.05) is 11.0 Å². The molecular weight excluding hydrogens is 162 g/mol. The van der Waals surface area contributed by atoms with Crippen LogP contribution in [-0.4, -0.2) is 23.4 Å². The second-order valence-corrected chi connectivity index (χ2v) is 3.76. The summed E-state index contributed by atoms with van der Waals surface area (Å²) < 4.78 is 0. The van der Waals surface area contributed by atoms with Crippen molar-refractivity contribution >= 4 is 5.91 Å². The average Bonchev–Trinajstić information content (AvgIpc) is 2.69. The van der Waals surface area contributed by atoms with E-state index in [1.54, 1.807) is 0 Å². The van der Waals surface area contributed by atoms with Gasteiger partial charge in [0.25, 0.3) is 0 Å². The molecule has 2 nitrogen and oxygen atoms in total. The molecule has 2 rings (SSSR count). The van der Waals surface area contributed by atoms with Gasteiger partial charge in [0.15, 0.2) is 0 Å². The minimum Gasteiger partial charge on any atom is -0.336 e. The molecule has 2 aliphatic rings. The van der Waals surface area contributed by atoms with Crippen molar-refractivity contribution in [1.29, 1.82) is 0 Å². The first-order valence-corrected chi connectivity index (χ1v) is 4.92.